The van der Waals surface area contributed by atoms with Crippen LogP contribution in [0.1, 0.15) is 57.1 Å². The van der Waals surface area contributed by atoms with Crippen LogP contribution in [0.4, 0.5) is 5.69 Å². The number of rotatable bonds is 7. The van der Waals surface area contributed by atoms with Gasteiger partial charge in [0.15, 0.2) is 0 Å². The van der Waals surface area contributed by atoms with Crippen LogP contribution in [0.3, 0.4) is 0 Å². The van der Waals surface area contributed by atoms with Crippen LogP contribution < -0.4 is 5.32 Å². The summed E-state index contributed by atoms with van der Waals surface area (Å²) in [6.07, 6.45) is 9.23. The molecule has 1 N–H and O–H groups in total. The van der Waals surface area contributed by atoms with Gasteiger partial charge in [-0.3, -0.25) is 0 Å². The van der Waals surface area contributed by atoms with Crippen LogP contribution in [-0.2, 0) is 12.8 Å². The van der Waals surface area contributed by atoms with Crippen LogP contribution in [0.15, 0.2) is 18.2 Å². The molecule has 100 valence electrons. The third-order valence-electron chi connectivity index (χ3n) is 4.24. The molecule has 0 fully saturated rings. The Morgan fingerprint density at radius 2 is 2.00 bits per heavy atom. The number of unbranched alkanes of at least 4 members (excludes halogenated alkanes) is 1. The smallest absolute Gasteiger partial charge is 0.0343 e. The zero-order chi connectivity index (χ0) is 12.8. The molecule has 0 heterocycles. The highest BCUT2D eigenvalue weighted by molar-refractivity contribution is 5.50. The van der Waals surface area contributed by atoms with Crippen molar-refractivity contribution in [2.45, 2.75) is 58.8 Å². The molecule has 18 heavy (non-hydrogen) atoms. The lowest BCUT2D eigenvalue weighted by atomic mass is 9.99. The van der Waals surface area contributed by atoms with E-state index >= 15 is 0 Å². The van der Waals surface area contributed by atoms with E-state index in [2.05, 4.69) is 37.4 Å². The Morgan fingerprint density at radius 3 is 2.78 bits per heavy atom. The van der Waals surface area contributed by atoms with Gasteiger partial charge in [0.05, 0.1) is 0 Å². The van der Waals surface area contributed by atoms with Gasteiger partial charge < -0.3 is 5.32 Å². The fraction of sp³-hybridized carbons (Fsp3) is 0.647. The van der Waals surface area contributed by atoms with Crippen LogP contribution in [-0.4, -0.2) is 6.54 Å². The Labute approximate surface area is 112 Å². The molecular weight excluding hydrogens is 218 g/mol. The van der Waals surface area contributed by atoms with E-state index in [1.807, 2.05) is 0 Å². The second kappa shape index (κ2) is 6.82. The van der Waals surface area contributed by atoms with Gasteiger partial charge in [0.2, 0.25) is 0 Å². The van der Waals surface area contributed by atoms with E-state index in [1.54, 1.807) is 11.1 Å². The Bertz CT molecular complexity index is 370. The molecule has 1 heteroatoms. The normalized spacial score (nSPS) is 15.4. The van der Waals surface area contributed by atoms with Crippen LogP contribution >= 0.6 is 0 Å². The minimum Gasteiger partial charge on any atom is -0.385 e. The molecule has 0 aliphatic heterocycles. The van der Waals surface area contributed by atoms with Crippen molar-refractivity contribution in [3.8, 4) is 0 Å². The molecule has 0 saturated heterocycles. The van der Waals surface area contributed by atoms with Gasteiger partial charge in [-0.1, -0.05) is 39.2 Å². The first kappa shape index (κ1) is 13.5. The van der Waals surface area contributed by atoms with Crippen LogP contribution in [0.25, 0.3) is 0 Å². The predicted molar refractivity (Wildman–Crippen MR) is 80.3 cm³/mol. The molecule has 0 radical (unpaired) electrons. The SMILES string of the molecule is CCCCC(CC)CNc1ccc2c(c1)CCC2. The number of hydrogen-bond donors (Lipinski definition) is 1. The summed E-state index contributed by atoms with van der Waals surface area (Å²) in [6.45, 7) is 5.72. The zero-order valence-corrected chi connectivity index (χ0v) is 12.0. The summed E-state index contributed by atoms with van der Waals surface area (Å²) >= 11 is 0. The molecule has 0 aromatic heterocycles. The number of benzene rings is 1. The number of hydrogen-bond acceptors (Lipinski definition) is 1. The Hall–Kier alpha value is -0.980. The summed E-state index contributed by atoms with van der Waals surface area (Å²) in [4.78, 5) is 0. The lowest BCUT2D eigenvalue weighted by Crippen LogP contribution is -2.13. The summed E-state index contributed by atoms with van der Waals surface area (Å²) in [5.41, 5.74) is 4.46. The summed E-state index contributed by atoms with van der Waals surface area (Å²) in [7, 11) is 0. The Balaban J connectivity index is 1.85. The van der Waals surface area contributed by atoms with Crippen molar-refractivity contribution >= 4 is 5.69 Å². The van der Waals surface area contributed by atoms with E-state index < -0.39 is 0 Å². The molecule has 0 saturated carbocycles. The molecule has 1 aromatic rings. The molecule has 1 aliphatic rings. The average molecular weight is 245 g/mol. The number of nitrogens with one attached hydrogen (secondary N) is 1. The highest BCUT2D eigenvalue weighted by atomic mass is 14.9. The van der Waals surface area contributed by atoms with Gasteiger partial charge in [0.25, 0.3) is 0 Å². The van der Waals surface area contributed by atoms with Gasteiger partial charge >= 0.3 is 0 Å². The number of aryl methyl sites for hydroxylation is 2. The number of anilines is 1. The van der Waals surface area contributed by atoms with Gasteiger partial charge in [-0.2, -0.15) is 0 Å². The van der Waals surface area contributed by atoms with E-state index in [0.29, 0.717) is 0 Å². The van der Waals surface area contributed by atoms with Gasteiger partial charge in [-0.15, -0.1) is 0 Å². The lowest BCUT2D eigenvalue weighted by Gasteiger charge is -2.16. The summed E-state index contributed by atoms with van der Waals surface area (Å²) in [5, 5.41) is 3.63. The van der Waals surface area contributed by atoms with Gasteiger partial charge in [0, 0.05) is 12.2 Å². The standard InChI is InChI=1S/C17H27N/c1-3-5-7-14(4-2)13-18-17-11-10-15-8-6-9-16(15)12-17/h10-12,14,18H,3-9,13H2,1-2H3. The molecule has 1 atom stereocenters. The minimum atomic E-state index is 0.832. The third kappa shape index (κ3) is 3.51. The molecule has 0 spiro atoms. The monoisotopic (exact) mass is 245 g/mol. The van der Waals surface area contributed by atoms with Gasteiger partial charge in [-0.25, -0.2) is 0 Å². The van der Waals surface area contributed by atoms with Crippen molar-refractivity contribution < 1.29 is 0 Å². The van der Waals surface area contributed by atoms with Crippen molar-refractivity contribution in [3.05, 3.63) is 29.3 Å². The van der Waals surface area contributed by atoms with Crippen LogP contribution in [0.5, 0.6) is 0 Å². The zero-order valence-electron chi connectivity index (χ0n) is 12.0. The van der Waals surface area contributed by atoms with E-state index in [-0.39, 0.29) is 0 Å². The fourth-order valence-corrected chi connectivity index (χ4v) is 2.89. The first-order valence-electron chi connectivity index (χ1n) is 7.69. The average Bonchev–Trinajstić information content (AvgIpc) is 2.86. The molecule has 1 unspecified atom stereocenters. The highest BCUT2D eigenvalue weighted by Gasteiger charge is 2.11. The van der Waals surface area contributed by atoms with Gasteiger partial charge in [-0.05, 0) is 54.9 Å². The summed E-state index contributed by atoms with van der Waals surface area (Å²) < 4.78 is 0. The first-order chi connectivity index (χ1) is 8.83. The molecular formula is C17H27N. The summed E-state index contributed by atoms with van der Waals surface area (Å²) in [5.74, 6) is 0.832. The van der Waals surface area contributed by atoms with Crippen LogP contribution in [0, 0.1) is 5.92 Å². The second-order valence-corrected chi connectivity index (χ2v) is 5.63. The van der Waals surface area contributed by atoms with Crippen molar-refractivity contribution in [2.24, 2.45) is 5.92 Å². The van der Waals surface area contributed by atoms with Crippen molar-refractivity contribution in [1.82, 2.24) is 0 Å². The molecule has 2 rings (SSSR count). The first-order valence-corrected chi connectivity index (χ1v) is 7.69. The van der Waals surface area contributed by atoms with Crippen molar-refractivity contribution in [3.63, 3.8) is 0 Å². The van der Waals surface area contributed by atoms with E-state index in [4.69, 9.17) is 0 Å². The Kier molecular flexibility index (Phi) is 5.10. The largest absolute Gasteiger partial charge is 0.385 e. The highest BCUT2D eigenvalue weighted by Crippen LogP contribution is 2.25. The van der Waals surface area contributed by atoms with Crippen molar-refractivity contribution in [1.29, 1.82) is 0 Å². The molecule has 0 bridgehead atoms. The maximum absolute atomic E-state index is 3.63. The van der Waals surface area contributed by atoms with Crippen molar-refractivity contribution in [2.75, 3.05) is 11.9 Å². The summed E-state index contributed by atoms with van der Waals surface area (Å²) in [6, 6.07) is 6.95. The minimum absolute atomic E-state index is 0.832. The second-order valence-electron chi connectivity index (χ2n) is 5.63. The third-order valence-corrected chi connectivity index (χ3v) is 4.24. The maximum atomic E-state index is 3.63. The number of fused-ring (bicyclic) bond motifs is 1. The quantitative estimate of drug-likeness (QED) is 0.727. The van der Waals surface area contributed by atoms with E-state index in [9.17, 15) is 0 Å². The van der Waals surface area contributed by atoms with Crippen LogP contribution in [0.2, 0.25) is 0 Å². The maximum Gasteiger partial charge on any atom is 0.0343 e. The Morgan fingerprint density at radius 1 is 1.17 bits per heavy atom. The fourth-order valence-electron chi connectivity index (χ4n) is 2.89. The van der Waals surface area contributed by atoms with Gasteiger partial charge in [0.1, 0.15) is 0 Å². The molecule has 0 amide bonds. The molecule has 1 aromatic carbocycles. The molecule has 1 nitrogen and oxygen atoms in total. The topological polar surface area (TPSA) is 12.0 Å². The molecule has 1 aliphatic carbocycles. The van der Waals surface area contributed by atoms with E-state index in [0.717, 1.165) is 12.5 Å². The lowest BCUT2D eigenvalue weighted by molar-refractivity contribution is 0.473. The predicted octanol–water partition coefficient (Wildman–Crippen LogP) is 4.80. The van der Waals surface area contributed by atoms with E-state index in [1.165, 1.54) is 50.6 Å².